The number of carbonyl (C=O) groups excluding carboxylic acids is 1. The van der Waals surface area contributed by atoms with Gasteiger partial charge in [0.2, 0.25) is 5.91 Å². The van der Waals surface area contributed by atoms with E-state index in [0.29, 0.717) is 11.4 Å². The number of carboxylic acid groups (broad SMARTS) is 1. The number of amides is 1. The standard InChI is InChI=1S/C11H13NO4/c1-8(13)12(7-11(14)15)9-3-5-10(16-2)6-4-9/h3-6H,7H2,1-2H3,(H,14,15). The van der Waals surface area contributed by atoms with E-state index in [-0.39, 0.29) is 12.5 Å². The van der Waals surface area contributed by atoms with Crippen molar-refractivity contribution in [3.8, 4) is 5.75 Å². The Morgan fingerprint density at radius 2 is 1.88 bits per heavy atom. The Kier molecular flexibility index (Phi) is 3.88. The van der Waals surface area contributed by atoms with Gasteiger partial charge in [-0.3, -0.25) is 9.59 Å². The van der Waals surface area contributed by atoms with Gasteiger partial charge in [-0.05, 0) is 24.3 Å². The highest BCUT2D eigenvalue weighted by Crippen LogP contribution is 2.19. The Labute approximate surface area is 93.2 Å². The molecule has 5 nitrogen and oxygen atoms in total. The van der Waals surface area contributed by atoms with Crippen molar-refractivity contribution in [3.05, 3.63) is 24.3 Å². The van der Waals surface area contributed by atoms with Crippen LogP contribution >= 0.6 is 0 Å². The second-order valence-electron chi connectivity index (χ2n) is 3.20. The molecule has 0 fully saturated rings. The molecular formula is C11H13NO4. The first-order valence-electron chi connectivity index (χ1n) is 4.68. The van der Waals surface area contributed by atoms with Crippen LogP contribution in [0.5, 0.6) is 5.75 Å². The second-order valence-corrected chi connectivity index (χ2v) is 3.20. The van der Waals surface area contributed by atoms with Crippen LogP contribution in [0.15, 0.2) is 24.3 Å². The average molecular weight is 223 g/mol. The third kappa shape index (κ3) is 2.98. The molecule has 16 heavy (non-hydrogen) atoms. The van der Waals surface area contributed by atoms with Gasteiger partial charge in [0.25, 0.3) is 0 Å². The summed E-state index contributed by atoms with van der Waals surface area (Å²) >= 11 is 0. The fourth-order valence-electron chi connectivity index (χ4n) is 1.28. The lowest BCUT2D eigenvalue weighted by Crippen LogP contribution is -2.33. The molecule has 0 saturated carbocycles. The van der Waals surface area contributed by atoms with Gasteiger partial charge in [0.15, 0.2) is 0 Å². The minimum Gasteiger partial charge on any atom is -0.497 e. The molecule has 0 aliphatic carbocycles. The number of hydrogen-bond acceptors (Lipinski definition) is 3. The van der Waals surface area contributed by atoms with E-state index in [4.69, 9.17) is 9.84 Å². The van der Waals surface area contributed by atoms with Crippen LogP contribution in [0, 0.1) is 0 Å². The lowest BCUT2D eigenvalue weighted by atomic mass is 10.2. The molecule has 0 atom stereocenters. The van der Waals surface area contributed by atoms with Crippen LogP contribution in [0.3, 0.4) is 0 Å². The summed E-state index contributed by atoms with van der Waals surface area (Å²) in [5.41, 5.74) is 0.538. The van der Waals surface area contributed by atoms with Crippen molar-refractivity contribution in [2.45, 2.75) is 6.92 Å². The zero-order valence-corrected chi connectivity index (χ0v) is 9.14. The maximum Gasteiger partial charge on any atom is 0.323 e. The minimum atomic E-state index is -1.05. The molecule has 0 spiro atoms. The summed E-state index contributed by atoms with van der Waals surface area (Å²) in [4.78, 5) is 23.0. The van der Waals surface area contributed by atoms with Crippen LogP contribution in [0.4, 0.5) is 5.69 Å². The summed E-state index contributed by atoms with van der Waals surface area (Å²) in [6.07, 6.45) is 0. The van der Waals surface area contributed by atoms with E-state index in [0.717, 1.165) is 0 Å². The summed E-state index contributed by atoms with van der Waals surface area (Å²) in [6, 6.07) is 6.63. The average Bonchev–Trinajstić information content (AvgIpc) is 2.25. The van der Waals surface area contributed by atoms with Gasteiger partial charge in [0.1, 0.15) is 12.3 Å². The second kappa shape index (κ2) is 5.16. The smallest absolute Gasteiger partial charge is 0.323 e. The van der Waals surface area contributed by atoms with E-state index in [2.05, 4.69) is 0 Å². The number of carbonyl (C=O) groups is 2. The highest BCUT2D eigenvalue weighted by Gasteiger charge is 2.14. The van der Waals surface area contributed by atoms with E-state index in [1.807, 2.05) is 0 Å². The fourth-order valence-corrected chi connectivity index (χ4v) is 1.28. The van der Waals surface area contributed by atoms with Crippen LogP contribution in [0.1, 0.15) is 6.92 Å². The molecule has 1 rings (SSSR count). The van der Waals surface area contributed by atoms with Gasteiger partial charge < -0.3 is 14.7 Å². The van der Waals surface area contributed by atoms with Gasteiger partial charge >= 0.3 is 5.97 Å². The lowest BCUT2D eigenvalue weighted by molar-refractivity contribution is -0.136. The predicted molar refractivity (Wildman–Crippen MR) is 58.7 cm³/mol. The van der Waals surface area contributed by atoms with E-state index in [1.165, 1.54) is 18.9 Å². The molecule has 0 aromatic heterocycles. The fraction of sp³-hybridized carbons (Fsp3) is 0.273. The maximum absolute atomic E-state index is 11.3. The van der Waals surface area contributed by atoms with Crippen molar-refractivity contribution in [2.24, 2.45) is 0 Å². The zero-order valence-electron chi connectivity index (χ0n) is 9.14. The van der Waals surface area contributed by atoms with Gasteiger partial charge in [0, 0.05) is 12.6 Å². The molecule has 1 aromatic carbocycles. The summed E-state index contributed by atoms with van der Waals surface area (Å²) in [5, 5.41) is 8.68. The molecule has 0 aliphatic heterocycles. The Hall–Kier alpha value is -2.04. The highest BCUT2D eigenvalue weighted by atomic mass is 16.5. The monoisotopic (exact) mass is 223 g/mol. The Morgan fingerprint density at radius 3 is 2.25 bits per heavy atom. The SMILES string of the molecule is COc1ccc(N(CC(=O)O)C(C)=O)cc1. The van der Waals surface area contributed by atoms with Crippen molar-refractivity contribution in [1.29, 1.82) is 0 Å². The molecular weight excluding hydrogens is 210 g/mol. The largest absolute Gasteiger partial charge is 0.497 e. The molecule has 1 aromatic rings. The number of aliphatic carboxylic acids is 1. The van der Waals surface area contributed by atoms with Crippen LogP contribution < -0.4 is 9.64 Å². The van der Waals surface area contributed by atoms with Gasteiger partial charge in [-0.25, -0.2) is 0 Å². The van der Waals surface area contributed by atoms with Crippen molar-refractivity contribution in [2.75, 3.05) is 18.6 Å². The third-order valence-corrected chi connectivity index (χ3v) is 2.06. The van der Waals surface area contributed by atoms with E-state index < -0.39 is 5.97 Å². The molecule has 5 heteroatoms. The Balaban J connectivity index is 2.92. The molecule has 0 saturated heterocycles. The first-order valence-corrected chi connectivity index (χ1v) is 4.68. The number of carboxylic acids is 1. The van der Waals surface area contributed by atoms with Crippen LogP contribution in [0.25, 0.3) is 0 Å². The quantitative estimate of drug-likeness (QED) is 0.831. The number of rotatable bonds is 4. The van der Waals surface area contributed by atoms with Crippen LogP contribution in [-0.4, -0.2) is 30.6 Å². The van der Waals surface area contributed by atoms with Crippen LogP contribution in [0.2, 0.25) is 0 Å². The predicted octanol–water partition coefficient (Wildman–Crippen LogP) is 1.13. The van der Waals surface area contributed by atoms with Crippen molar-refractivity contribution in [1.82, 2.24) is 0 Å². The Morgan fingerprint density at radius 1 is 1.31 bits per heavy atom. The van der Waals surface area contributed by atoms with E-state index in [1.54, 1.807) is 24.3 Å². The Bertz CT molecular complexity index is 385. The van der Waals surface area contributed by atoms with Crippen molar-refractivity contribution >= 4 is 17.6 Å². The number of nitrogens with zero attached hydrogens (tertiary/aromatic N) is 1. The number of hydrogen-bond donors (Lipinski definition) is 1. The first kappa shape index (κ1) is 12.0. The number of ether oxygens (including phenoxy) is 1. The van der Waals surface area contributed by atoms with Gasteiger partial charge in [-0.2, -0.15) is 0 Å². The molecule has 0 aliphatic rings. The van der Waals surface area contributed by atoms with Gasteiger partial charge in [0.05, 0.1) is 7.11 Å². The zero-order chi connectivity index (χ0) is 12.1. The van der Waals surface area contributed by atoms with Gasteiger partial charge in [-0.1, -0.05) is 0 Å². The summed E-state index contributed by atoms with van der Waals surface area (Å²) in [5.74, 6) is -0.707. The molecule has 0 unspecified atom stereocenters. The molecule has 1 N–H and O–H groups in total. The molecule has 1 amide bonds. The number of anilines is 1. The normalized spacial score (nSPS) is 9.62. The molecule has 0 bridgehead atoms. The summed E-state index contributed by atoms with van der Waals surface area (Å²) in [7, 11) is 1.54. The number of benzene rings is 1. The summed E-state index contributed by atoms with van der Waals surface area (Å²) in [6.45, 7) is 0.981. The van der Waals surface area contributed by atoms with Crippen molar-refractivity contribution < 1.29 is 19.4 Å². The molecule has 0 heterocycles. The number of methoxy groups -OCH3 is 1. The molecule has 86 valence electrons. The first-order chi connectivity index (χ1) is 7.54. The van der Waals surface area contributed by atoms with E-state index >= 15 is 0 Å². The van der Waals surface area contributed by atoms with Crippen molar-refractivity contribution in [3.63, 3.8) is 0 Å². The third-order valence-electron chi connectivity index (χ3n) is 2.06. The van der Waals surface area contributed by atoms with Gasteiger partial charge in [-0.15, -0.1) is 0 Å². The minimum absolute atomic E-state index is 0.312. The summed E-state index contributed by atoms with van der Waals surface area (Å²) < 4.78 is 4.97. The van der Waals surface area contributed by atoms with Crippen LogP contribution in [-0.2, 0) is 9.59 Å². The highest BCUT2D eigenvalue weighted by molar-refractivity contribution is 5.95. The maximum atomic E-state index is 11.3. The van der Waals surface area contributed by atoms with E-state index in [9.17, 15) is 9.59 Å². The topological polar surface area (TPSA) is 66.8 Å². The molecule has 0 radical (unpaired) electrons. The lowest BCUT2D eigenvalue weighted by Gasteiger charge is -2.18.